The van der Waals surface area contributed by atoms with Crippen molar-refractivity contribution in [1.82, 2.24) is 4.90 Å². The highest BCUT2D eigenvalue weighted by Gasteiger charge is 2.12. The number of carbonyl (C=O) groups is 1. The van der Waals surface area contributed by atoms with Crippen LogP contribution in [0.5, 0.6) is 5.75 Å². The maximum Gasteiger partial charge on any atom is 0.253 e. The first-order chi connectivity index (χ1) is 12.7. The van der Waals surface area contributed by atoms with E-state index in [0.717, 1.165) is 25.1 Å². The highest BCUT2D eigenvalue weighted by Crippen LogP contribution is 2.18. The topological polar surface area (TPSA) is 29.5 Å². The van der Waals surface area contributed by atoms with Gasteiger partial charge in [0.25, 0.3) is 5.91 Å². The van der Waals surface area contributed by atoms with Crippen LogP contribution in [0.25, 0.3) is 0 Å². The summed E-state index contributed by atoms with van der Waals surface area (Å²) in [5.41, 5.74) is 1.97. The summed E-state index contributed by atoms with van der Waals surface area (Å²) in [5, 5.41) is 2.03. The Balaban J connectivity index is 1.52. The van der Waals surface area contributed by atoms with Gasteiger partial charge in [-0.3, -0.25) is 4.79 Å². The van der Waals surface area contributed by atoms with Gasteiger partial charge in [-0.15, -0.1) is 11.3 Å². The fourth-order valence-electron chi connectivity index (χ4n) is 2.76. The molecule has 134 valence electrons. The summed E-state index contributed by atoms with van der Waals surface area (Å²) < 4.78 is 5.80. The molecule has 0 atom stereocenters. The van der Waals surface area contributed by atoms with E-state index in [-0.39, 0.29) is 5.91 Å². The van der Waals surface area contributed by atoms with Crippen LogP contribution in [0.2, 0.25) is 0 Å². The standard InChI is InChI=1S/C22H23NO2S/c1-23(14-6-10-18-8-3-2-4-9-18)22(24)19-11-5-12-20(16-19)25-17-21-13-7-15-26-21/h2-5,7-9,11-13,15-16H,6,10,14,17H2,1H3. The van der Waals surface area contributed by atoms with Gasteiger partial charge >= 0.3 is 0 Å². The fraction of sp³-hybridized carbons (Fsp3) is 0.227. The van der Waals surface area contributed by atoms with E-state index in [1.165, 1.54) is 10.4 Å². The number of aryl methyl sites for hydroxylation is 1. The molecule has 3 nitrogen and oxygen atoms in total. The maximum atomic E-state index is 12.6. The number of nitrogens with zero attached hydrogens (tertiary/aromatic N) is 1. The Kier molecular flexibility index (Phi) is 6.45. The minimum Gasteiger partial charge on any atom is -0.488 e. The molecule has 0 saturated carbocycles. The summed E-state index contributed by atoms with van der Waals surface area (Å²) in [6.07, 6.45) is 1.92. The molecule has 3 rings (SSSR count). The molecule has 26 heavy (non-hydrogen) atoms. The molecule has 1 amide bonds. The van der Waals surface area contributed by atoms with Crippen molar-refractivity contribution >= 4 is 17.2 Å². The lowest BCUT2D eigenvalue weighted by Crippen LogP contribution is -2.28. The Bertz CT molecular complexity index is 815. The largest absolute Gasteiger partial charge is 0.488 e. The Morgan fingerprint density at radius 2 is 1.88 bits per heavy atom. The summed E-state index contributed by atoms with van der Waals surface area (Å²) in [4.78, 5) is 15.6. The zero-order valence-corrected chi connectivity index (χ0v) is 15.7. The second-order valence-electron chi connectivity index (χ2n) is 6.21. The van der Waals surface area contributed by atoms with Crippen molar-refractivity contribution in [3.05, 3.63) is 88.1 Å². The highest BCUT2D eigenvalue weighted by atomic mass is 32.1. The lowest BCUT2D eigenvalue weighted by Gasteiger charge is -2.17. The van der Waals surface area contributed by atoms with Crippen molar-refractivity contribution in [2.24, 2.45) is 0 Å². The van der Waals surface area contributed by atoms with Crippen molar-refractivity contribution in [2.45, 2.75) is 19.4 Å². The van der Waals surface area contributed by atoms with Crippen molar-refractivity contribution in [1.29, 1.82) is 0 Å². The first-order valence-electron chi connectivity index (χ1n) is 8.77. The first kappa shape index (κ1) is 18.2. The molecule has 2 aromatic carbocycles. The molecule has 0 spiro atoms. The minimum absolute atomic E-state index is 0.0274. The molecule has 4 heteroatoms. The molecule has 3 aromatic rings. The van der Waals surface area contributed by atoms with E-state index >= 15 is 0 Å². The van der Waals surface area contributed by atoms with Gasteiger partial charge in [0.2, 0.25) is 0 Å². The van der Waals surface area contributed by atoms with Gasteiger partial charge in [0.1, 0.15) is 12.4 Å². The van der Waals surface area contributed by atoms with E-state index in [0.29, 0.717) is 12.2 Å². The number of rotatable bonds is 8. The smallest absolute Gasteiger partial charge is 0.253 e. The number of benzene rings is 2. The normalized spacial score (nSPS) is 10.5. The number of hydrogen-bond acceptors (Lipinski definition) is 3. The first-order valence-corrected chi connectivity index (χ1v) is 9.65. The lowest BCUT2D eigenvalue weighted by atomic mass is 10.1. The molecule has 0 aliphatic rings. The zero-order valence-electron chi connectivity index (χ0n) is 14.9. The summed E-state index contributed by atoms with van der Waals surface area (Å²) in [6, 6.07) is 21.8. The van der Waals surface area contributed by atoms with E-state index in [2.05, 4.69) is 12.1 Å². The third kappa shape index (κ3) is 5.20. The molecule has 1 heterocycles. The van der Waals surface area contributed by atoms with Crippen LogP contribution in [0.1, 0.15) is 27.2 Å². The van der Waals surface area contributed by atoms with Gasteiger partial charge in [-0.05, 0) is 48.1 Å². The molecule has 0 fully saturated rings. The summed E-state index contributed by atoms with van der Waals surface area (Å²) in [5.74, 6) is 0.751. The Hall–Kier alpha value is -2.59. The molecule has 0 N–H and O–H groups in total. The van der Waals surface area contributed by atoms with Crippen LogP contribution >= 0.6 is 11.3 Å². The van der Waals surface area contributed by atoms with E-state index in [4.69, 9.17) is 4.74 Å². The second kappa shape index (κ2) is 9.20. The third-order valence-electron chi connectivity index (χ3n) is 4.19. The number of hydrogen-bond donors (Lipinski definition) is 0. The monoisotopic (exact) mass is 365 g/mol. The predicted molar refractivity (Wildman–Crippen MR) is 107 cm³/mol. The van der Waals surface area contributed by atoms with Crippen molar-refractivity contribution in [3.63, 3.8) is 0 Å². The van der Waals surface area contributed by atoms with Crippen LogP contribution in [0.15, 0.2) is 72.1 Å². The summed E-state index contributed by atoms with van der Waals surface area (Å²) in [7, 11) is 1.85. The fourth-order valence-corrected chi connectivity index (χ4v) is 3.37. The quantitative estimate of drug-likeness (QED) is 0.560. The molecule has 0 aliphatic carbocycles. The number of carbonyl (C=O) groups excluding carboxylic acids is 1. The van der Waals surface area contributed by atoms with Crippen LogP contribution < -0.4 is 4.74 Å². The van der Waals surface area contributed by atoms with Gasteiger partial charge in [-0.1, -0.05) is 42.5 Å². The summed E-state index contributed by atoms with van der Waals surface area (Å²) >= 11 is 1.66. The Labute approximate surface area is 158 Å². The SMILES string of the molecule is CN(CCCc1ccccc1)C(=O)c1cccc(OCc2cccs2)c1. The van der Waals surface area contributed by atoms with Crippen LogP contribution in [0, 0.1) is 0 Å². The Morgan fingerprint density at radius 3 is 2.65 bits per heavy atom. The lowest BCUT2D eigenvalue weighted by molar-refractivity contribution is 0.0793. The van der Waals surface area contributed by atoms with Crippen molar-refractivity contribution in [2.75, 3.05) is 13.6 Å². The summed E-state index contributed by atoms with van der Waals surface area (Å²) in [6.45, 7) is 1.26. The number of amides is 1. The number of ether oxygens (including phenoxy) is 1. The van der Waals surface area contributed by atoms with Crippen molar-refractivity contribution in [3.8, 4) is 5.75 Å². The predicted octanol–water partition coefficient (Wildman–Crippen LogP) is 5.03. The third-order valence-corrected chi connectivity index (χ3v) is 5.04. The van der Waals surface area contributed by atoms with Gasteiger partial charge in [0, 0.05) is 24.0 Å². The average molecular weight is 365 g/mol. The Morgan fingerprint density at radius 1 is 1.04 bits per heavy atom. The van der Waals surface area contributed by atoms with Gasteiger partial charge in [-0.2, -0.15) is 0 Å². The molecule has 0 bridgehead atoms. The highest BCUT2D eigenvalue weighted by molar-refractivity contribution is 7.09. The molecule has 0 unspecified atom stereocenters. The second-order valence-corrected chi connectivity index (χ2v) is 7.24. The molecular formula is C22H23NO2S. The van der Waals surface area contributed by atoms with Crippen LogP contribution in [0.3, 0.4) is 0 Å². The van der Waals surface area contributed by atoms with Crippen LogP contribution in [-0.2, 0) is 13.0 Å². The molecule has 0 aliphatic heterocycles. The van der Waals surface area contributed by atoms with Crippen molar-refractivity contribution < 1.29 is 9.53 Å². The zero-order chi connectivity index (χ0) is 18.2. The van der Waals surface area contributed by atoms with E-state index < -0.39 is 0 Å². The van der Waals surface area contributed by atoms with Gasteiger partial charge < -0.3 is 9.64 Å². The minimum atomic E-state index is 0.0274. The van der Waals surface area contributed by atoms with E-state index in [9.17, 15) is 4.79 Å². The maximum absolute atomic E-state index is 12.6. The van der Waals surface area contributed by atoms with Crippen LogP contribution in [0.4, 0.5) is 0 Å². The average Bonchev–Trinajstić information content (AvgIpc) is 3.20. The van der Waals surface area contributed by atoms with Crippen LogP contribution in [-0.4, -0.2) is 24.4 Å². The van der Waals surface area contributed by atoms with Gasteiger partial charge in [0.15, 0.2) is 0 Å². The molecule has 1 aromatic heterocycles. The van der Waals surface area contributed by atoms with Gasteiger partial charge in [-0.25, -0.2) is 0 Å². The molecular weight excluding hydrogens is 342 g/mol. The van der Waals surface area contributed by atoms with Gasteiger partial charge in [0.05, 0.1) is 0 Å². The van der Waals surface area contributed by atoms with E-state index in [1.807, 2.05) is 67.0 Å². The number of thiophene rings is 1. The molecule has 0 radical (unpaired) electrons. The molecule has 0 saturated heterocycles. The van der Waals surface area contributed by atoms with E-state index in [1.54, 1.807) is 16.2 Å².